The smallest absolute Gasteiger partial charge is 0.303 e. The van der Waals surface area contributed by atoms with Crippen molar-refractivity contribution in [2.24, 2.45) is 0 Å². The van der Waals surface area contributed by atoms with Gasteiger partial charge in [-0.05, 0) is 19.4 Å². The average Bonchev–Trinajstić information content (AvgIpc) is 2.73. The number of hydrogen-bond acceptors (Lipinski definition) is 7. The molecule has 2 unspecified atom stereocenters. The average molecular weight is 431 g/mol. The van der Waals surface area contributed by atoms with E-state index in [2.05, 4.69) is 32.1 Å². The number of likely N-dealkylation sites (N-methyl/N-ethyl adjacent to an activating group) is 1. The Bertz CT molecular complexity index is 978. The summed E-state index contributed by atoms with van der Waals surface area (Å²) < 4.78 is 27.8. The number of nitrogens with zero attached hydrogens (tertiary/aromatic N) is 5. The first kappa shape index (κ1) is 21.4. The lowest BCUT2D eigenvalue weighted by molar-refractivity contribution is -0.0432. The van der Waals surface area contributed by atoms with Crippen molar-refractivity contribution in [1.82, 2.24) is 24.8 Å². The second-order valence-electron chi connectivity index (χ2n) is 8.22. The van der Waals surface area contributed by atoms with Crippen molar-refractivity contribution in [3.63, 3.8) is 0 Å². The summed E-state index contributed by atoms with van der Waals surface area (Å²) in [5.41, 5.74) is 7.45. The predicted octanol–water partition coefficient (Wildman–Crippen LogP) is 2.98. The van der Waals surface area contributed by atoms with Gasteiger partial charge in [-0.1, -0.05) is 13.8 Å². The van der Waals surface area contributed by atoms with E-state index in [-0.39, 0.29) is 11.6 Å². The Morgan fingerprint density at radius 1 is 1.26 bits per heavy atom. The van der Waals surface area contributed by atoms with Crippen LogP contribution >= 0.6 is 0 Å². The fourth-order valence-corrected chi connectivity index (χ4v) is 4.40. The van der Waals surface area contributed by atoms with E-state index in [1.807, 2.05) is 11.8 Å². The maximum absolute atomic E-state index is 13.9. The summed E-state index contributed by atoms with van der Waals surface area (Å²) in [5, 5.41) is 11.9. The molecule has 0 spiro atoms. The Morgan fingerprint density at radius 3 is 2.58 bits per heavy atom. The number of nitrogen functional groups attached to an aromatic ring is 1. The minimum absolute atomic E-state index is 0.238. The van der Waals surface area contributed by atoms with Gasteiger partial charge in [-0.2, -0.15) is 8.78 Å². The summed E-state index contributed by atoms with van der Waals surface area (Å²) in [7, 11) is 0. The largest absolute Gasteiger partial charge is 0.384 e. The highest BCUT2D eigenvalue weighted by molar-refractivity contribution is 6.02. The normalized spacial score (nSPS) is 21.0. The molecular weight excluding hydrogens is 402 g/mol. The van der Waals surface area contributed by atoms with Gasteiger partial charge in [-0.15, -0.1) is 0 Å². The van der Waals surface area contributed by atoms with Crippen molar-refractivity contribution in [2.75, 3.05) is 30.7 Å². The number of rotatable bonds is 6. The highest BCUT2D eigenvalue weighted by atomic mass is 19.3. The lowest BCUT2D eigenvalue weighted by Crippen LogP contribution is -2.69. The van der Waals surface area contributed by atoms with E-state index in [0.29, 0.717) is 41.3 Å². The van der Waals surface area contributed by atoms with Gasteiger partial charge in [0, 0.05) is 56.1 Å². The minimum atomic E-state index is -3.16. The molecule has 5 heterocycles. The highest BCUT2D eigenvalue weighted by Crippen LogP contribution is 2.33. The molecule has 3 saturated heterocycles. The molecular formula is C21H28F2N8. The number of nitrogens with one attached hydrogen (secondary N) is 2. The zero-order valence-electron chi connectivity index (χ0n) is 18.0. The molecule has 166 valence electrons. The van der Waals surface area contributed by atoms with Gasteiger partial charge in [0.25, 0.3) is 0 Å². The Hall–Kier alpha value is -2.88. The summed E-state index contributed by atoms with van der Waals surface area (Å²) in [6.07, 6.45) is 3.21. The molecule has 2 aromatic heterocycles. The minimum Gasteiger partial charge on any atom is -0.384 e. The number of alkyl halides is 2. The third-order valence-corrected chi connectivity index (χ3v) is 6.00. The van der Waals surface area contributed by atoms with Gasteiger partial charge in [-0.25, -0.2) is 15.0 Å². The molecule has 4 N–H and O–H groups in total. The van der Waals surface area contributed by atoms with Crippen molar-refractivity contribution in [2.45, 2.75) is 51.6 Å². The second kappa shape index (κ2) is 7.99. The van der Waals surface area contributed by atoms with Gasteiger partial charge in [0.05, 0.1) is 11.3 Å². The number of anilines is 3. The maximum Gasteiger partial charge on any atom is 0.303 e. The van der Waals surface area contributed by atoms with Crippen molar-refractivity contribution in [1.29, 1.82) is 5.41 Å². The monoisotopic (exact) mass is 430 g/mol. The molecule has 3 fully saturated rings. The number of pyridine rings is 1. The quantitative estimate of drug-likeness (QED) is 0.478. The van der Waals surface area contributed by atoms with Crippen LogP contribution in [0.4, 0.5) is 26.1 Å². The van der Waals surface area contributed by atoms with Crippen LogP contribution in [0.3, 0.4) is 0 Å². The maximum atomic E-state index is 13.9. The first-order valence-electron chi connectivity index (χ1n) is 10.6. The summed E-state index contributed by atoms with van der Waals surface area (Å²) in [6.45, 7) is 7.37. The Labute approximate surface area is 180 Å². The number of halogens is 2. The lowest BCUT2D eigenvalue weighted by Gasteiger charge is -2.56. The molecule has 0 aromatic carbocycles. The fourth-order valence-electron chi connectivity index (χ4n) is 4.40. The number of nitrogens with two attached hydrogens (primary N) is 1. The number of piperazine rings is 1. The molecule has 2 bridgehead atoms. The van der Waals surface area contributed by atoms with Crippen LogP contribution in [0.25, 0.3) is 0 Å². The summed E-state index contributed by atoms with van der Waals surface area (Å²) in [5.74, 6) is -2.85. The number of aromatic nitrogens is 3. The lowest BCUT2D eigenvalue weighted by atomic mass is 9.87. The number of aryl methyl sites for hydroxylation is 1. The first-order valence-corrected chi connectivity index (χ1v) is 10.6. The van der Waals surface area contributed by atoms with Gasteiger partial charge in [0.2, 0.25) is 5.82 Å². The highest BCUT2D eigenvalue weighted by Gasteiger charge is 2.44. The summed E-state index contributed by atoms with van der Waals surface area (Å²) >= 11 is 0. The molecule has 5 rings (SSSR count). The zero-order valence-corrected chi connectivity index (χ0v) is 18.0. The van der Waals surface area contributed by atoms with Crippen LogP contribution < -0.4 is 11.1 Å². The predicted molar refractivity (Wildman–Crippen MR) is 116 cm³/mol. The summed E-state index contributed by atoms with van der Waals surface area (Å²) in [6, 6.07) is 4.16. The molecule has 0 saturated carbocycles. The third kappa shape index (κ3) is 4.16. The van der Waals surface area contributed by atoms with Crippen molar-refractivity contribution in [3.8, 4) is 0 Å². The Balaban J connectivity index is 1.62. The van der Waals surface area contributed by atoms with Crippen LogP contribution in [0.5, 0.6) is 0 Å². The van der Waals surface area contributed by atoms with E-state index in [9.17, 15) is 8.78 Å². The van der Waals surface area contributed by atoms with Gasteiger partial charge in [0.15, 0.2) is 0 Å². The Morgan fingerprint density at radius 2 is 1.97 bits per heavy atom. The number of hydrogen-bond donors (Lipinski definition) is 3. The zero-order chi connectivity index (χ0) is 22.3. The van der Waals surface area contributed by atoms with Crippen LogP contribution in [-0.2, 0) is 12.3 Å². The second-order valence-corrected chi connectivity index (χ2v) is 8.22. The molecule has 0 amide bonds. The van der Waals surface area contributed by atoms with Crippen LogP contribution in [0.15, 0.2) is 18.3 Å². The summed E-state index contributed by atoms with van der Waals surface area (Å²) in [4.78, 5) is 16.6. The SMILES string of the molecule is CCc1cc(Nc2cc(N)ncc2C(=N)N2CC3CC(C2)N3CC)nc(C(C)(F)F)n1. The van der Waals surface area contributed by atoms with Gasteiger partial charge >= 0.3 is 5.92 Å². The molecule has 3 aliphatic rings. The number of fused-ring (bicyclic) bond motifs is 2. The van der Waals surface area contributed by atoms with Crippen LogP contribution in [0, 0.1) is 5.41 Å². The van der Waals surface area contributed by atoms with Gasteiger partial charge in [-0.3, -0.25) is 10.3 Å². The molecule has 8 nitrogen and oxygen atoms in total. The van der Waals surface area contributed by atoms with E-state index in [1.165, 1.54) is 0 Å². The molecule has 3 aliphatic heterocycles. The first-order chi connectivity index (χ1) is 14.7. The number of amidine groups is 1. The fraction of sp³-hybridized carbons (Fsp3) is 0.524. The third-order valence-electron chi connectivity index (χ3n) is 6.00. The van der Waals surface area contributed by atoms with Crippen molar-refractivity contribution in [3.05, 3.63) is 35.4 Å². The molecule has 2 aromatic rings. The van der Waals surface area contributed by atoms with Crippen LogP contribution in [0.1, 0.15) is 44.3 Å². The number of piperidine rings is 1. The van der Waals surface area contributed by atoms with Gasteiger partial charge in [0.1, 0.15) is 17.5 Å². The topological polar surface area (TPSA) is 107 Å². The van der Waals surface area contributed by atoms with Crippen molar-refractivity contribution >= 4 is 23.2 Å². The molecule has 10 heteroatoms. The van der Waals surface area contributed by atoms with Gasteiger partial charge < -0.3 is 16.0 Å². The van der Waals surface area contributed by atoms with E-state index in [0.717, 1.165) is 33.0 Å². The molecule has 0 radical (unpaired) electrons. The molecule has 0 aliphatic carbocycles. The Kier molecular flexibility index (Phi) is 5.50. The van der Waals surface area contributed by atoms with E-state index in [4.69, 9.17) is 11.1 Å². The molecule has 31 heavy (non-hydrogen) atoms. The van der Waals surface area contributed by atoms with Crippen LogP contribution in [0.2, 0.25) is 0 Å². The van der Waals surface area contributed by atoms with E-state index in [1.54, 1.807) is 18.3 Å². The van der Waals surface area contributed by atoms with E-state index < -0.39 is 11.7 Å². The molecule has 2 atom stereocenters. The van der Waals surface area contributed by atoms with Crippen LogP contribution in [-0.4, -0.2) is 62.3 Å². The van der Waals surface area contributed by atoms with E-state index >= 15 is 0 Å². The standard InChI is InChI=1S/C21H28F2N8/c1-4-12-6-18(29-20(27-12)21(3,22)23)28-16-8-17(24)26-9-15(16)19(25)30-10-13-7-14(11-30)31(13)5-2/h6,8-9,13-14,25H,4-5,7,10-11H2,1-3H3,(H3,24,26,27,28,29). The van der Waals surface area contributed by atoms with Crippen molar-refractivity contribution < 1.29 is 8.78 Å².